The maximum atomic E-state index is 12.7. The van der Waals surface area contributed by atoms with E-state index in [1.807, 2.05) is 0 Å². The molecule has 10 nitrogen and oxygen atoms in total. The lowest BCUT2D eigenvalue weighted by atomic mass is 10.2. The van der Waals surface area contributed by atoms with Crippen LogP contribution >= 0.6 is 0 Å². The standard InChI is InChI=1S/C19H25N3O7/c1-12(24)20-13-4-5-16(29-9-8-27-2)15(10-13)21-17-14(19(26)28-3)11-22(6-7-23)18(17)25/h4-5,10,21,23H,6-9,11H2,1-3H3,(H,20,24). The summed E-state index contributed by atoms with van der Waals surface area (Å²) in [5.41, 5.74) is 1.03. The van der Waals surface area contributed by atoms with E-state index in [0.29, 0.717) is 23.7 Å². The van der Waals surface area contributed by atoms with Gasteiger partial charge >= 0.3 is 5.97 Å². The fourth-order valence-corrected chi connectivity index (χ4v) is 2.75. The Hall–Kier alpha value is -3.11. The smallest absolute Gasteiger partial charge is 0.337 e. The highest BCUT2D eigenvalue weighted by Gasteiger charge is 2.34. The number of amides is 2. The van der Waals surface area contributed by atoms with Crippen molar-refractivity contribution in [3.8, 4) is 5.75 Å². The molecular formula is C19H25N3O7. The highest BCUT2D eigenvalue weighted by Crippen LogP contribution is 2.32. The van der Waals surface area contributed by atoms with Gasteiger partial charge in [0.2, 0.25) is 5.91 Å². The largest absolute Gasteiger partial charge is 0.489 e. The van der Waals surface area contributed by atoms with Crippen molar-refractivity contribution in [1.29, 1.82) is 0 Å². The summed E-state index contributed by atoms with van der Waals surface area (Å²) in [6, 6.07) is 4.87. The van der Waals surface area contributed by atoms with Gasteiger partial charge in [-0.25, -0.2) is 4.79 Å². The van der Waals surface area contributed by atoms with E-state index in [-0.39, 0.29) is 43.5 Å². The maximum Gasteiger partial charge on any atom is 0.337 e. The molecule has 2 amide bonds. The lowest BCUT2D eigenvalue weighted by Gasteiger charge is -2.17. The van der Waals surface area contributed by atoms with Crippen LogP contribution in [0.3, 0.4) is 0 Å². The van der Waals surface area contributed by atoms with Gasteiger partial charge in [-0.15, -0.1) is 0 Å². The van der Waals surface area contributed by atoms with Crippen LogP contribution in [0.4, 0.5) is 11.4 Å². The van der Waals surface area contributed by atoms with E-state index in [1.165, 1.54) is 18.9 Å². The molecule has 10 heteroatoms. The first-order valence-electron chi connectivity index (χ1n) is 8.93. The molecule has 0 unspecified atom stereocenters. The van der Waals surface area contributed by atoms with Crippen LogP contribution in [-0.2, 0) is 23.9 Å². The third kappa shape index (κ3) is 5.69. The van der Waals surface area contributed by atoms with Crippen LogP contribution in [0.25, 0.3) is 0 Å². The molecule has 0 spiro atoms. The normalized spacial score (nSPS) is 13.5. The summed E-state index contributed by atoms with van der Waals surface area (Å²) in [4.78, 5) is 37.6. The fraction of sp³-hybridized carbons (Fsp3) is 0.421. The van der Waals surface area contributed by atoms with Gasteiger partial charge in [-0.2, -0.15) is 0 Å². The summed E-state index contributed by atoms with van der Waals surface area (Å²) in [7, 11) is 2.77. The number of aliphatic hydroxyl groups excluding tert-OH is 1. The SMILES string of the molecule is COCCOc1ccc(NC(C)=O)cc1NC1=C(C(=O)OC)CN(CCO)C1=O. The van der Waals surface area contributed by atoms with Crippen molar-refractivity contribution in [2.45, 2.75) is 6.92 Å². The summed E-state index contributed by atoms with van der Waals surface area (Å²) in [5.74, 6) is -0.959. The van der Waals surface area contributed by atoms with Crippen LogP contribution in [-0.4, -0.2) is 74.9 Å². The Balaban J connectivity index is 2.39. The van der Waals surface area contributed by atoms with Crippen molar-refractivity contribution in [3.63, 3.8) is 0 Å². The molecule has 3 N–H and O–H groups in total. The predicted molar refractivity (Wildman–Crippen MR) is 104 cm³/mol. The Morgan fingerprint density at radius 3 is 2.62 bits per heavy atom. The second-order valence-electron chi connectivity index (χ2n) is 6.15. The zero-order valence-electron chi connectivity index (χ0n) is 16.6. The zero-order valence-corrected chi connectivity index (χ0v) is 16.6. The Bertz CT molecular complexity index is 807. The minimum absolute atomic E-state index is 0.0135. The van der Waals surface area contributed by atoms with E-state index in [1.54, 1.807) is 25.3 Å². The van der Waals surface area contributed by atoms with E-state index in [0.717, 1.165) is 0 Å². The van der Waals surface area contributed by atoms with Crippen LogP contribution in [0.5, 0.6) is 5.75 Å². The quantitative estimate of drug-likeness (QED) is 0.375. The van der Waals surface area contributed by atoms with Crippen molar-refractivity contribution in [2.75, 3.05) is 57.8 Å². The molecular weight excluding hydrogens is 382 g/mol. The number of carbonyl (C=O) groups excluding carboxylic acids is 3. The molecule has 0 aliphatic carbocycles. The van der Waals surface area contributed by atoms with E-state index in [9.17, 15) is 14.4 Å². The highest BCUT2D eigenvalue weighted by atomic mass is 16.5. The number of ether oxygens (including phenoxy) is 3. The van der Waals surface area contributed by atoms with Gasteiger partial charge in [-0.1, -0.05) is 0 Å². The number of esters is 1. The monoisotopic (exact) mass is 407 g/mol. The minimum atomic E-state index is -0.652. The number of aliphatic hydroxyl groups is 1. The Kier molecular flexibility index (Phi) is 7.98. The summed E-state index contributed by atoms with van der Waals surface area (Å²) in [5, 5.41) is 14.8. The number of anilines is 2. The van der Waals surface area contributed by atoms with Gasteiger partial charge < -0.3 is 34.9 Å². The predicted octanol–water partition coefficient (Wildman–Crippen LogP) is 0.344. The summed E-state index contributed by atoms with van der Waals surface area (Å²) in [6.07, 6.45) is 0. The van der Waals surface area contributed by atoms with Gasteiger partial charge in [-0.05, 0) is 18.2 Å². The van der Waals surface area contributed by atoms with Crippen molar-refractivity contribution in [3.05, 3.63) is 29.5 Å². The number of nitrogens with one attached hydrogen (secondary N) is 2. The molecule has 0 fully saturated rings. The first-order valence-corrected chi connectivity index (χ1v) is 8.93. The van der Waals surface area contributed by atoms with Crippen LogP contribution in [0.1, 0.15) is 6.92 Å². The van der Waals surface area contributed by atoms with Gasteiger partial charge in [0.1, 0.15) is 18.1 Å². The molecule has 1 aromatic rings. The van der Waals surface area contributed by atoms with Crippen molar-refractivity contribution >= 4 is 29.2 Å². The second kappa shape index (κ2) is 10.4. The molecule has 0 saturated heterocycles. The Labute approximate surface area is 168 Å². The number of β-amino-alcohol motifs (C(OH)–C–C–N with tert-alkyl or cyclic N) is 1. The van der Waals surface area contributed by atoms with E-state index >= 15 is 0 Å². The molecule has 1 heterocycles. The van der Waals surface area contributed by atoms with Gasteiger partial charge in [0.15, 0.2) is 0 Å². The number of methoxy groups -OCH3 is 2. The minimum Gasteiger partial charge on any atom is -0.489 e. The van der Waals surface area contributed by atoms with Gasteiger partial charge in [-0.3, -0.25) is 9.59 Å². The van der Waals surface area contributed by atoms with E-state index in [4.69, 9.17) is 19.3 Å². The average molecular weight is 407 g/mol. The number of benzene rings is 1. The lowest BCUT2D eigenvalue weighted by molar-refractivity contribution is -0.136. The summed E-state index contributed by atoms with van der Waals surface area (Å²) >= 11 is 0. The maximum absolute atomic E-state index is 12.7. The number of hydrogen-bond donors (Lipinski definition) is 3. The molecule has 0 aromatic heterocycles. The molecule has 0 atom stereocenters. The molecule has 0 bridgehead atoms. The molecule has 1 aliphatic rings. The van der Waals surface area contributed by atoms with E-state index < -0.39 is 11.9 Å². The van der Waals surface area contributed by atoms with Gasteiger partial charge in [0.05, 0.1) is 38.1 Å². The molecule has 0 saturated carbocycles. The zero-order chi connectivity index (χ0) is 21.4. The van der Waals surface area contributed by atoms with Crippen LogP contribution in [0.2, 0.25) is 0 Å². The molecule has 2 rings (SSSR count). The van der Waals surface area contributed by atoms with Crippen LogP contribution < -0.4 is 15.4 Å². The first kappa shape index (κ1) is 22.2. The third-order valence-corrected chi connectivity index (χ3v) is 4.06. The van der Waals surface area contributed by atoms with Gasteiger partial charge in [0.25, 0.3) is 5.91 Å². The van der Waals surface area contributed by atoms with Crippen molar-refractivity contribution < 1.29 is 33.7 Å². The number of hydrogen-bond acceptors (Lipinski definition) is 8. The first-order chi connectivity index (χ1) is 13.9. The Morgan fingerprint density at radius 1 is 1.24 bits per heavy atom. The topological polar surface area (TPSA) is 126 Å². The van der Waals surface area contributed by atoms with Crippen molar-refractivity contribution in [1.82, 2.24) is 4.90 Å². The third-order valence-electron chi connectivity index (χ3n) is 4.06. The number of nitrogens with zero attached hydrogens (tertiary/aromatic N) is 1. The molecule has 1 aromatic carbocycles. The van der Waals surface area contributed by atoms with Crippen LogP contribution in [0.15, 0.2) is 29.5 Å². The number of carbonyl (C=O) groups is 3. The van der Waals surface area contributed by atoms with Crippen molar-refractivity contribution in [2.24, 2.45) is 0 Å². The molecule has 1 aliphatic heterocycles. The lowest BCUT2D eigenvalue weighted by Crippen LogP contribution is -2.31. The second-order valence-corrected chi connectivity index (χ2v) is 6.15. The summed E-state index contributed by atoms with van der Waals surface area (Å²) in [6.45, 7) is 1.84. The van der Waals surface area contributed by atoms with Crippen LogP contribution in [0, 0.1) is 0 Å². The molecule has 158 valence electrons. The van der Waals surface area contributed by atoms with Gasteiger partial charge in [0, 0.05) is 26.3 Å². The molecule has 29 heavy (non-hydrogen) atoms. The molecule has 0 radical (unpaired) electrons. The fourth-order valence-electron chi connectivity index (χ4n) is 2.75. The summed E-state index contributed by atoms with van der Waals surface area (Å²) < 4.78 is 15.4. The average Bonchev–Trinajstić information content (AvgIpc) is 2.99. The highest BCUT2D eigenvalue weighted by molar-refractivity contribution is 6.08. The van der Waals surface area contributed by atoms with E-state index in [2.05, 4.69) is 10.6 Å². The Morgan fingerprint density at radius 2 is 2.00 bits per heavy atom. The number of rotatable bonds is 10.